The van der Waals surface area contributed by atoms with E-state index in [1.807, 2.05) is 26.0 Å². The first-order valence-electron chi connectivity index (χ1n) is 9.26. The summed E-state index contributed by atoms with van der Waals surface area (Å²) in [6.45, 7) is 3.80. The highest BCUT2D eigenvalue weighted by Gasteiger charge is 2.25. The SMILES string of the molecule is COc1ccc(Br)cc1C=NNC(=O)C(NC(=O)c1ccc2c(c1)OCO2)C(C)C. The third-order valence-corrected chi connectivity index (χ3v) is 4.93. The van der Waals surface area contributed by atoms with Crippen molar-refractivity contribution in [2.75, 3.05) is 13.9 Å². The van der Waals surface area contributed by atoms with E-state index in [1.54, 1.807) is 31.4 Å². The van der Waals surface area contributed by atoms with Gasteiger partial charge in [0.2, 0.25) is 6.79 Å². The number of ether oxygens (including phenoxy) is 3. The van der Waals surface area contributed by atoms with Crippen molar-refractivity contribution >= 4 is 34.0 Å². The summed E-state index contributed by atoms with van der Waals surface area (Å²) in [6, 6.07) is 9.54. The third kappa shape index (κ3) is 5.10. The molecule has 158 valence electrons. The molecule has 2 aromatic rings. The highest BCUT2D eigenvalue weighted by Crippen LogP contribution is 2.32. The van der Waals surface area contributed by atoms with Gasteiger partial charge in [0.15, 0.2) is 11.5 Å². The summed E-state index contributed by atoms with van der Waals surface area (Å²) in [4.78, 5) is 25.3. The quantitative estimate of drug-likeness (QED) is 0.473. The van der Waals surface area contributed by atoms with Gasteiger partial charge in [0.1, 0.15) is 11.8 Å². The minimum atomic E-state index is -0.774. The van der Waals surface area contributed by atoms with Crippen molar-refractivity contribution in [2.24, 2.45) is 11.0 Å². The number of halogens is 1. The van der Waals surface area contributed by atoms with Crippen LogP contribution in [-0.4, -0.2) is 38.0 Å². The molecular formula is C21H22BrN3O5. The fourth-order valence-corrected chi connectivity index (χ4v) is 3.22. The molecule has 0 aromatic heterocycles. The van der Waals surface area contributed by atoms with Crippen molar-refractivity contribution in [2.45, 2.75) is 19.9 Å². The molecule has 0 fully saturated rings. The molecule has 0 saturated carbocycles. The highest BCUT2D eigenvalue weighted by molar-refractivity contribution is 9.10. The van der Waals surface area contributed by atoms with E-state index in [4.69, 9.17) is 14.2 Å². The summed E-state index contributed by atoms with van der Waals surface area (Å²) in [5, 5.41) is 6.76. The smallest absolute Gasteiger partial charge is 0.262 e. The van der Waals surface area contributed by atoms with E-state index in [9.17, 15) is 9.59 Å². The molecule has 1 heterocycles. The van der Waals surface area contributed by atoms with Crippen LogP contribution >= 0.6 is 15.9 Å². The molecule has 2 amide bonds. The monoisotopic (exact) mass is 475 g/mol. The first-order chi connectivity index (χ1) is 14.4. The Morgan fingerprint density at radius 1 is 1.17 bits per heavy atom. The van der Waals surface area contributed by atoms with Crippen molar-refractivity contribution in [1.82, 2.24) is 10.7 Å². The van der Waals surface area contributed by atoms with E-state index in [0.29, 0.717) is 28.4 Å². The number of hydrogen-bond donors (Lipinski definition) is 2. The molecule has 1 unspecified atom stereocenters. The molecule has 30 heavy (non-hydrogen) atoms. The average molecular weight is 476 g/mol. The number of carbonyl (C=O) groups is 2. The van der Waals surface area contributed by atoms with E-state index >= 15 is 0 Å². The summed E-state index contributed by atoms with van der Waals surface area (Å²) in [5.74, 6) is 0.734. The van der Waals surface area contributed by atoms with Gasteiger partial charge in [-0.1, -0.05) is 29.8 Å². The number of fused-ring (bicyclic) bond motifs is 1. The second-order valence-corrected chi connectivity index (χ2v) is 7.80. The summed E-state index contributed by atoms with van der Waals surface area (Å²) < 4.78 is 16.7. The number of nitrogens with one attached hydrogen (secondary N) is 2. The summed E-state index contributed by atoms with van der Waals surface area (Å²) in [7, 11) is 1.56. The van der Waals surface area contributed by atoms with Gasteiger partial charge < -0.3 is 19.5 Å². The van der Waals surface area contributed by atoms with Gasteiger partial charge in [-0.25, -0.2) is 5.43 Å². The molecule has 1 aliphatic rings. The first kappa shape index (κ1) is 21.6. The Morgan fingerprint density at radius 3 is 2.67 bits per heavy atom. The number of rotatable bonds is 7. The predicted molar refractivity (Wildman–Crippen MR) is 115 cm³/mol. The lowest BCUT2D eigenvalue weighted by molar-refractivity contribution is -0.123. The largest absolute Gasteiger partial charge is 0.496 e. The molecule has 2 N–H and O–H groups in total. The number of nitrogens with zero attached hydrogens (tertiary/aromatic N) is 1. The fourth-order valence-electron chi connectivity index (χ4n) is 2.84. The lowest BCUT2D eigenvalue weighted by Crippen LogP contribution is -2.48. The molecule has 0 radical (unpaired) electrons. The lowest BCUT2D eigenvalue weighted by Gasteiger charge is -2.20. The van der Waals surface area contributed by atoms with E-state index in [-0.39, 0.29) is 18.6 Å². The Bertz CT molecular complexity index is 977. The van der Waals surface area contributed by atoms with Gasteiger partial charge in [-0.2, -0.15) is 5.10 Å². The van der Waals surface area contributed by atoms with Crippen LogP contribution in [0.15, 0.2) is 46.0 Å². The second-order valence-electron chi connectivity index (χ2n) is 6.88. The fraction of sp³-hybridized carbons (Fsp3) is 0.286. The third-order valence-electron chi connectivity index (χ3n) is 4.44. The number of amides is 2. The highest BCUT2D eigenvalue weighted by atomic mass is 79.9. The number of benzene rings is 2. The van der Waals surface area contributed by atoms with E-state index in [1.165, 1.54) is 6.21 Å². The molecular weight excluding hydrogens is 454 g/mol. The Hall–Kier alpha value is -3.07. The average Bonchev–Trinajstić information content (AvgIpc) is 3.19. The van der Waals surface area contributed by atoms with Gasteiger partial charge in [0, 0.05) is 15.6 Å². The van der Waals surface area contributed by atoms with Crippen LogP contribution in [0.25, 0.3) is 0 Å². The Labute approximate surface area is 182 Å². The van der Waals surface area contributed by atoms with Gasteiger partial charge in [0.25, 0.3) is 11.8 Å². The van der Waals surface area contributed by atoms with E-state index in [0.717, 1.165) is 4.47 Å². The molecule has 9 heteroatoms. The van der Waals surface area contributed by atoms with Crippen LogP contribution in [0.3, 0.4) is 0 Å². The van der Waals surface area contributed by atoms with E-state index < -0.39 is 11.9 Å². The summed E-state index contributed by atoms with van der Waals surface area (Å²) in [6.07, 6.45) is 1.48. The number of methoxy groups -OCH3 is 1. The zero-order valence-electron chi connectivity index (χ0n) is 16.8. The Balaban J connectivity index is 1.66. The van der Waals surface area contributed by atoms with Gasteiger partial charge in [0.05, 0.1) is 13.3 Å². The van der Waals surface area contributed by atoms with Crippen molar-refractivity contribution in [3.8, 4) is 17.2 Å². The molecule has 0 saturated heterocycles. The molecule has 0 aliphatic carbocycles. The van der Waals surface area contributed by atoms with Crippen molar-refractivity contribution in [3.63, 3.8) is 0 Å². The second kappa shape index (κ2) is 9.62. The number of carbonyl (C=O) groups excluding carboxylic acids is 2. The van der Waals surface area contributed by atoms with Gasteiger partial charge in [-0.15, -0.1) is 0 Å². The topological polar surface area (TPSA) is 98.2 Å². The van der Waals surface area contributed by atoms with Crippen molar-refractivity contribution in [3.05, 3.63) is 52.0 Å². The number of hydrazone groups is 1. The minimum absolute atomic E-state index is 0.123. The van der Waals surface area contributed by atoms with Crippen LogP contribution in [0.1, 0.15) is 29.8 Å². The summed E-state index contributed by atoms with van der Waals surface area (Å²) >= 11 is 3.39. The molecule has 1 aliphatic heterocycles. The van der Waals surface area contributed by atoms with Crippen LogP contribution < -0.4 is 25.0 Å². The van der Waals surface area contributed by atoms with Gasteiger partial charge in [-0.05, 0) is 42.3 Å². The normalized spacial score (nSPS) is 13.4. The first-order valence-corrected chi connectivity index (χ1v) is 10.1. The molecule has 3 rings (SSSR count). The zero-order chi connectivity index (χ0) is 21.7. The summed E-state index contributed by atoms with van der Waals surface area (Å²) in [5.41, 5.74) is 3.55. The van der Waals surface area contributed by atoms with Crippen LogP contribution in [-0.2, 0) is 4.79 Å². The molecule has 8 nitrogen and oxygen atoms in total. The van der Waals surface area contributed by atoms with Crippen molar-refractivity contribution < 1.29 is 23.8 Å². The van der Waals surface area contributed by atoms with E-state index in [2.05, 4.69) is 31.8 Å². The predicted octanol–water partition coefficient (Wildman–Crippen LogP) is 3.09. The zero-order valence-corrected chi connectivity index (χ0v) is 18.4. The molecule has 0 spiro atoms. The maximum atomic E-state index is 12.6. The molecule has 0 bridgehead atoms. The van der Waals surface area contributed by atoms with Crippen LogP contribution in [0.4, 0.5) is 0 Å². The van der Waals surface area contributed by atoms with Crippen molar-refractivity contribution in [1.29, 1.82) is 0 Å². The minimum Gasteiger partial charge on any atom is -0.496 e. The Kier molecular flexibility index (Phi) is 6.94. The standard InChI is InChI=1S/C21H22BrN3O5/c1-12(2)19(24-20(26)13-4-6-17-18(9-13)30-11-29-17)21(27)25-23-10-14-8-15(22)5-7-16(14)28-3/h4-10,12,19H,11H2,1-3H3,(H,24,26)(H,25,27). The van der Waals surface area contributed by atoms with Crippen LogP contribution in [0.5, 0.6) is 17.2 Å². The maximum Gasteiger partial charge on any atom is 0.262 e. The van der Waals surface area contributed by atoms with Gasteiger partial charge in [-0.3, -0.25) is 9.59 Å². The maximum absolute atomic E-state index is 12.6. The van der Waals surface area contributed by atoms with Crippen LogP contribution in [0, 0.1) is 5.92 Å². The van der Waals surface area contributed by atoms with Crippen LogP contribution in [0.2, 0.25) is 0 Å². The molecule has 2 aromatic carbocycles. The van der Waals surface area contributed by atoms with Gasteiger partial charge >= 0.3 is 0 Å². The lowest BCUT2D eigenvalue weighted by atomic mass is 10.0. The number of hydrogen-bond acceptors (Lipinski definition) is 6. The molecule has 1 atom stereocenters. The Morgan fingerprint density at radius 2 is 1.93 bits per heavy atom.